The fourth-order valence-corrected chi connectivity index (χ4v) is 2.15. The maximum Gasteiger partial charge on any atom is 0.303 e. The highest BCUT2D eigenvalue weighted by molar-refractivity contribution is 5.66. The summed E-state index contributed by atoms with van der Waals surface area (Å²) in [5, 5.41) is 8.50. The summed E-state index contributed by atoms with van der Waals surface area (Å²) < 4.78 is 5.42. The zero-order valence-electron chi connectivity index (χ0n) is 15.1. The molecule has 1 heterocycles. The predicted octanol–water partition coefficient (Wildman–Crippen LogP) is 5.54. The summed E-state index contributed by atoms with van der Waals surface area (Å²) in [6.45, 7) is 2.14. The minimum atomic E-state index is -0.746. The molecular weight excluding hydrogens is 312 g/mol. The minimum Gasteiger partial charge on any atom is -0.481 e. The summed E-state index contributed by atoms with van der Waals surface area (Å²) in [6.07, 6.45) is 30.2. The van der Waals surface area contributed by atoms with E-state index in [1.165, 1.54) is 0 Å². The van der Waals surface area contributed by atoms with Gasteiger partial charge in [0.15, 0.2) is 0 Å². The van der Waals surface area contributed by atoms with Crippen LogP contribution < -0.4 is 0 Å². The Hall–Kier alpha value is -2.13. The first-order chi connectivity index (χ1) is 12.2. The number of aliphatic carboxylic acids is 1. The Balaban J connectivity index is 1.97. The Labute approximate surface area is 151 Å². The van der Waals surface area contributed by atoms with Crippen LogP contribution in [-0.4, -0.2) is 23.3 Å². The molecule has 0 spiro atoms. The van der Waals surface area contributed by atoms with Crippen molar-refractivity contribution in [2.45, 2.75) is 57.7 Å². The second-order valence-corrected chi connectivity index (χ2v) is 5.80. The van der Waals surface area contributed by atoms with Crippen molar-refractivity contribution < 1.29 is 14.6 Å². The topological polar surface area (TPSA) is 49.8 Å². The van der Waals surface area contributed by atoms with Gasteiger partial charge in [-0.1, -0.05) is 79.8 Å². The van der Waals surface area contributed by atoms with Crippen molar-refractivity contribution in [3.05, 3.63) is 72.9 Å². The Morgan fingerprint density at radius 2 is 1.48 bits per heavy atom. The smallest absolute Gasteiger partial charge is 0.303 e. The Kier molecular flexibility index (Phi) is 11.9. The van der Waals surface area contributed by atoms with E-state index in [9.17, 15) is 4.79 Å². The highest BCUT2D eigenvalue weighted by Gasteiger charge is 2.33. The van der Waals surface area contributed by atoms with Gasteiger partial charge in [-0.3, -0.25) is 4.79 Å². The largest absolute Gasteiger partial charge is 0.481 e. The molecule has 0 bridgehead atoms. The van der Waals surface area contributed by atoms with E-state index in [4.69, 9.17) is 9.84 Å². The van der Waals surface area contributed by atoms with Gasteiger partial charge in [0.05, 0.1) is 6.10 Å². The van der Waals surface area contributed by atoms with E-state index in [2.05, 4.69) is 49.5 Å². The maximum absolute atomic E-state index is 10.3. The third kappa shape index (κ3) is 12.9. The van der Waals surface area contributed by atoms with Gasteiger partial charge in [0.1, 0.15) is 6.10 Å². The molecular formula is C22H30O3. The lowest BCUT2D eigenvalue weighted by Gasteiger charge is -1.87. The molecule has 3 heteroatoms. The van der Waals surface area contributed by atoms with Crippen molar-refractivity contribution in [2.24, 2.45) is 0 Å². The van der Waals surface area contributed by atoms with Gasteiger partial charge in [0.25, 0.3) is 0 Å². The summed E-state index contributed by atoms with van der Waals surface area (Å²) in [6, 6.07) is 0. The van der Waals surface area contributed by atoms with Crippen molar-refractivity contribution in [3.8, 4) is 0 Å². The van der Waals surface area contributed by atoms with Gasteiger partial charge in [0.2, 0.25) is 0 Å². The molecule has 0 radical (unpaired) electrons. The Morgan fingerprint density at radius 3 is 2.08 bits per heavy atom. The second kappa shape index (κ2) is 14.2. The van der Waals surface area contributed by atoms with Crippen LogP contribution in [-0.2, 0) is 9.53 Å². The molecule has 25 heavy (non-hydrogen) atoms. The van der Waals surface area contributed by atoms with Crippen LogP contribution in [0.15, 0.2) is 72.9 Å². The first kappa shape index (κ1) is 20.9. The van der Waals surface area contributed by atoms with Gasteiger partial charge in [-0.2, -0.15) is 0 Å². The molecule has 0 aromatic heterocycles. The minimum absolute atomic E-state index is 0.205. The van der Waals surface area contributed by atoms with Crippen LogP contribution in [0.1, 0.15) is 45.4 Å². The van der Waals surface area contributed by atoms with Gasteiger partial charge in [0, 0.05) is 6.42 Å². The molecule has 1 fully saturated rings. The fraction of sp³-hybridized carbons (Fsp3) is 0.409. The maximum atomic E-state index is 10.3. The Bertz CT molecular complexity index is 535. The van der Waals surface area contributed by atoms with Crippen LogP contribution in [0.3, 0.4) is 0 Å². The zero-order valence-corrected chi connectivity index (χ0v) is 15.1. The Morgan fingerprint density at radius 1 is 0.880 bits per heavy atom. The van der Waals surface area contributed by atoms with E-state index in [1.54, 1.807) is 0 Å². The summed E-state index contributed by atoms with van der Waals surface area (Å²) in [7, 11) is 0. The standard InChI is InChI=1S/C22H30O3/c1-2-20-21(25-20)18-16-14-12-10-8-6-4-3-5-7-9-11-13-15-17-19-22(23)24/h3-4,7-10,12-16,18,20-21H,2,5-6,11,17,19H2,1H3,(H,23,24)/b4-3+,9-7+,10-8+,14-12+,15-13+,18-16+. The van der Waals surface area contributed by atoms with Gasteiger partial charge in [-0.25, -0.2) is 0 Å². The number of carboxylic acids is 1. The van der Waals surface area contributed by atoms with Gasteiger partial charge in [-0.05, 0) is 32.1 Å². The van der Waals surface area contributed by atoms with Crippen LogP contribution in [0, 0.1) is 0 Å². The quantitative estimate of drug-likeness (QED) is 0.272. The van der Waals surface area contributed by atoms with Crippen LogP contribution in [0.5, 0.6) is 0 Å². The number of hydrogen-bond donors (Lipinski definition) is 1. The molecule has 1 aliphatic rings. The summed E-state index contributed by atoms with van der Waals surface area (Å²) >= 11 is 0. The lowest BCUT2D eigenvalue weighted by molar-refractivity contribution is -0.136. The summed E-state index contributed by atoms with van der Waals surface area (Å²) in [4.78, 5) is 10.3. The number of hydrogen-bond acceptors (Lipinski definition) is 2. The molecule has 0 aliphatic carbocycles. The monoisotopic (exact) mass is 342 g/mol. The second-order valence-electron chi connectivity index (χ2n) is 5.80. The van der Waals surface area contributed by atoms with E-state index in [-0.39, 0.29) is 6.42 Å². The number of carboxylic acid groups (broad SMARTS) is 1. The number of allylic oxidation sites excluding steroid dienone is 11. The van der Waals surface area contributed by atoms with Gasteiger partial charge < -0.3 is 9.84 Å². The molecule has 1 rings (SSSR count). The molecule has 3 nitrogen and oxygen atoms in total. The summed E-state index contributed by atoms with van der Waals surface area (Å²) in [5.74, 6) is -0.746. The molecule has 0 aromatic carbocycles. The van der Waals surface area contributed by atoms with E-state index in [0.717, 1.165) is 25.7 Å². The molecule has 2 atom stereocenters. The lowest BCUT2D eigenvalue weighted by Crippen LogP contribution is -1.91. The lowest BCUT2D eigenvalue weighted by atomic mass is 10.2. The highest BCUT2D eigenvalue weighted by atomic mass is 16.6. The fourth-order valence-electron chi connectivity index (χ4n) is 2.15. The zero-order chi connectivity index (χ0) is 18.2. The van der Waals surface area contributed by atoms with E-state index in [0.29, 0.717) is 18.6 Å². The molecule has 1 aliphatic heterocycles. The van der Waals surface area contributed by atoms with Crippen LogP contribution in [0.4, 0.5) is 0 Å². The number of ether oxygens (including phenoxy) is 1. The third-order valence-corrected chi connectivity index (χ3v) is 3.64. The SMILES string of the molecule is CCC1OC1/C=C/C=C/C=C/C/C=C/C/C=C/C/C=C/CCC(=O)O. The van der Waals surface area contributed by atoms with Crippen LogP contribution in [0.25, 0.3) is 0 Å². The van der Waals surface area contributed by atoms with Gasteiger partial charge in [-0.15, -0.1) is 0 Å². The van der Waals surface area contributed by atoms with Crippen molar-refractivity contribution >= 4 is 5.97 Å². The first-order valence-corrected chi connectivity index (χ1v) is 9.06. The molecule has 0 aromatic rings. The van der Waals surface area contributed by atoms with Crippen LogP contribution in [0.2, 0.25) is 0 Å². The van der Waals surface area contributed by atoms with E-state index >= 15 is 0 Å². The highest BCUT2D eigenvalue weighted by Crippen LogP contribution is 2.25. The van der Waals surface area contributed by atoms with Crippen LogP contribution >= 0.6 is 0 Å². The predicted molar refractivity (Wildman–Crippen MR) is 105 cm³/mol. The van der Waals surface area contributed by atoms with Crippen molar-refractivity contribution in [1.82, 2.24) is 0 Å². The normalized spacial score (nSPS) is 21.2. The summed E-state index contributed by atoms with van der Waals surface area (Å²) in [5.41, 5.74) is 0. The van der Waals surface area contributed by atoms with Crippen molar-refractivity contribution in [3.63, 3.8) is 0 Å². The molecule has 1 N–H and O–H groups in total. The van der Waals surface area contributed by atoms with Gasteiger partial charge >= 0.3 is 5.97 Å². The van der Waals surface area contributed by atoms with E-state index < -0.39 is 5.97 Å². The molecule has 2 unspecified atom stereocenters. The number of carbonyl (C=O) groups is 1. The average molecular weight is 342 g/mol. The number of epoxide rings is 1. The first-order valence-electron chi connectivity index (χ1n) is 9.06. The van der Waals surface area contributed by atoms with Crippen molar-refractivity contribution in [1.29, 1.82) is 0 Å². The van der Waals surface area contributed by atoms with E-state index in [1.807, 2.05) is 30.4 Å². The average Bonchev–Trinajstić information content (AvgIpc) is 3.36. The van der Waals surface area contributed by atoms with Crippen molar-refractivity contribution in [2.75, 3.05) is 0 Å². The molecule has 1 saturated heterocycles. The molecule has 0 amide bonds. The third-order valence-electron chi connectivity index (χ3n) is 3.64. The number of rotatable bonds is 13. The molecule has 0 saturated carbocycles. The molecule has 136 valence electrons.